The summed E-state index contributed by atoms with van der Waals surface area (Å²) in [5, 5.41) is 12.6. The molecular weight excluding hydrogens is 238 g/mol. The van der Waals surface area contributed by atoms with E-state index in [4.69, 9.17) is 5.11 Å². The molecule has 0 unspecified atom stereocenters. The third-order valence-corrected chi connectivity index (χ3v) is 2.11. The highest BCUT2D eigenvalue weighted by Crippen LogP contribution is 2.11. The van der Waals surface area contributed by atoms with Gasteiger partial charge in [0, 0.05) is 0 Å². The molecule has 1 N–H and O–H groups in total. The summed E-state index contributed by atoms with van der Waals surface area (Å²) in [5.41, 5.74) is 0.636. The molecule has 2 aromatic heterocycles. The van der Waals surface area contributed by atoms with Gasteiger partial charge in [0.1, 0.15) is 4.60 Å². The maximum absolute atomic E-state index is 10.6. The monoisotopic (exact) mass is 241 g/mol. The van der Waals surface area contributed by atoms with Crippen molar-refractivity contribution in [1.82, 2.24) is 14.6 Å². The van der Waals surface area contributed by atoms with Gasteiger partial charge in [-0.2, -0.15) is 5.10 Å². The lowest BCUT2D eigenvalue weighted by atomic mass is 10.3. The molecule has 0 aromatic carbocycles. The minimum atomic E-state index is -1.01. The number of hydrogen-bond donors (Lipinski definition) is 1. The summed E-state index contributed by atoms with van der Waals surface area (Å²) in [5.74, 6) is -1.01. The summed E-state index contributed by atoms with van der Waals surface area (Å²) >= 11 is 3.22. The van der Waals surface area contributed by atoms with E-state index in [1.54, 1.807) is 6.20 Å². The highest BCUT2D eigenvalue weighted by molar-refractivity contribution is 9.10. The molecule has 0 saturated carbocycles. The number of carbonyl (C=O) groups is 1. The van der Waals surface area contributed by atoms with Gasteiger partial charge < -0.3 is 5.11 Å². The lowest BCUT2D eigenvalue weighted by Crippen LogP contribution is -2.00. The molecule has 0 bridgehead atoms. The SMILES string of the molecule is O=C(O)c1cnn2c(Br)cnc2c1. The lowest BCUT2D eigenvalue weighted by molar-refractivity contribution is 0.0696. The number of imidazole rings is 1. The van der Waals surface area contributed by atoms with Crippen LogP contribution < -0.4 is 0 Å². The maximum Gasteiger partial charge on any atom is 0.337 e. The van der Waals surface area contributed by atoms with E-state index in [1.165, 1.54) is 16.8 Å². The Morgan fingerprint density at radius 1 is 1.54 bits per heavy atom. The number of carboxylic acid groups (broad SMARTS) is 1. The van der Waals surface area contributed by atoms with Crippen molar-refractivity contribution in [2.75, 3.05) is 0 Å². The number of aromatic carboxylic acids is 1. The normalized spacial score (nSPS) is 10.5. The Labute approximate surface area is 81.1 Å². The number of rotatable bonds is 1. The van der Waals surface area contributed by atoms with Gasteiger partial charge in [0.15, 0.2) is 5.65 Å². The molecule has 0 saturated heterocycles. The standard InChI is InChI=1S/C7H4BrN3O2/c8-5-3-9-6-1-4(7(12)13)2-10-11(5)6/h1-3H,(H,12,13). The molecular formula is C7H4BrN3O2. The molecule has 0 fully saturated rings. The number of nitrogens with zero attached hydrogens (tertiary/aromatic N) is 3. The Kier molecular flexibility index (Phi) is 1.77. The molecule has 13 heavy (non-hydrogen) atoms. The van der Waals surface area contributed by atoms with Gasteiger partial charge in [0.2, 0.25) is 0 Å². The smallest absolute Gasteiger partial charge is 0.337 e. The van der Waals surface area contributed by atoms with E-state index in [2.05, 4.69) is 26.0 Å². The summed E-state index contributed by atoms with van der Waals surface area (Å²) in [6, 6.07) is 1.46. The second-order valence-electron chi connectivity index (χ2n) is 2.40. The second-order valence-corrected chi connectivity index (χ2v) is 3.21. The van der Waals surface area contributed by atoms with Crippen molar-refractivity contribution in [2.45, 2.75) is 0 Å². The molecule has 6 heteroatoms. The Morgan fingerprint density at radius 3 is 3.00 bits per heavy atom. The predicted molar refractivity (Wildman–Crippen MR) is 47.6 cm³/mol. The van der Waals surface area contributed by atoms with Crippen LogP contribution in [0.5, 0.6) is 0 Å². The van der Waals surface area contributed by atoms with Crippen LogP contribution in [0.25, 0.3) is 5.65 Å². The van der Waals surface area contributed by atoms with Crippen LogP contribution in [0.4, 0.5) is 0 Å². The first-order valence-corrected chi connectivity index (χ1v) is 4.20. The minimum absolute atomic E-state index is 0.130. The fourth-order valence-corrected chi connectivity index (χ4v) is 1.34. The van der Waals surface area contributed by atoms with Crippen molar-refractivity contribution in [3.8, 4) is 0 Å². The van der Waals surface area contributed by atoms with Gasteiger partial charge in [-0.1, -0.05) is 0 Å². The Morgan fingerprint density at radius 2 is 2.31 bits per heavy atom. The third kappa shape index (κ3) is 1.29. The fraction of sp³-hybridized carbons (Fsp3) is 0. The van der Waals surface area contributed by atoms with Gasteiger partial charge in [-0.05, 0) is 22.0 Å². The molecule has 0 amide bonds. The van der Waals surface area contributed by atoms with Crippen molar-refractivity contribution in [3.63, 3.8) is 0 Å². The fourth-order valence-electron chi connectivity index (χ4n) is 0.964. The van der Waals surface area contributed by atoms with Crippen LogP contribution in [-0.4, -0.2) is 25.7 Å². The summed E-state index contributed by atoms with van der Waals surface area (Å²) < 4.78 is 2.20. The van der Waals surface area contributed by atoms with Crippen LogP contribution in [0.2, 0.25) is 0 Å². The number of fused-ring (bicyclic) bond motifs is 1. The number of aromatic nitrogens is 3. The van der Waals surface area contributed by atoms with Gasteiger partial charge >= 0.3 is 5.97 Å². The predicted octanol–water partition coefficient (Wildman–Crippen LogP) is 1.19. The lowest BCUT2D eigenvalue weighted by Gasteiger charge is -1.95. The highest BCUT2D eigenvalue weighted by atomic mass is 79.9. The van der Waals surface area contributed by atoms with Gasteiger partial charge in [-0.25, -0.2) is 14.3 Å². The molecule has 0 spiro atoms. The molecule has 0 aliphatic heterocycles. The summed E-state index contributed by atoms with van der Waals surface area (Å²) in [6.45, 7) is 0. The van der Waals surface area contributed by atoms with Crippen LogP contribution >= 0.6 is 15.9 Å². The van der Waals surface area contributed by atoms with Crippen molar-refractivity contribution >= 4 is 27.5 Å². The van der Waals surface area contributed by atoms with Gasteiger partial charge in [0.25, 0.3) is 0 Å². The number of halogens is 1. The average molecular weight is 242 g/mol. The average Bonchev–Trinajstić information content (AvgIpc) is 2.47. The van der Waals surface area contributed by atoms with E-state index in [1.807, 2.05) is 0 Å². The Bertz CT molecular complexity index is 480. The molecule has 0 aliphatic carbocycles. The molecule has 0 atom stereocenters. The zero-order valence-corrected chi connectivity index (χ0v) is 7.89. The van der Waals surface area contributed by atoms with E-state index in [-0.39, 0.29) is 5.56 Å². The zero-order valence-electron chi connectivity index (χ0n) is 6.31. The molecule has 5 nitrogen and oxygen atoms in total. The highest BCUT2D eigenvalue weighted by Gasteiger charge is 2.06. The minimum Gasteiger partial charge on any atom is -0.478 e. The first-order chi connectivity index (χ1) is 6.18. The van der Waals surface area contributed by atoms with Crippen molar-refractivity contribution < 1.29 is 9.90 Å². The van der Waals surface area contributed by atoms with Crippen LogP contribution in [0, 0.1) is 0 Å². The molecule has 0 radical (unpaired) electrons. The Balaban J connectivity index is 2.70. The molecule has 2 heterocycles. The second kappa shape index (κ2) is 2.81. The zero-order chi connectivity index (χ0) is 9.42. The van der Waals surface area contributed by atoms with Crippen LogP contribution in [0.3, 0.4) is 0 Å². The third-order valence-electron chi connectivity index (χ3n) is 1.57. The van der Waals surface area contributed by atoms with E-state index in [0.29, 0.717) is 10.3 Å². The largest absolute Gasteiger partial charge is 0.478 e. The summed E-state index contributed by atoms with van der Waals surface area (Å²) in [7, 11) is 0. The van der Waals surface area contributed by atoms with Crippen LogP contribution in [0.1, 0.15) is 10.4 Å². The van der Waals surface area contributed by atoms with Gasteiger partial charge in [-0.3, -0.25) is 0 Å². The summed E-state index contributed by atoms with van der Waals surface area (Å²) in [6.07, 6.45) is 2.84. The maximum atomic E-state index is 10.6. The molecule has 2 rings (SSSR count). The first-order valence-electron chi connectivity index (χ1n) is 3.41. The van der Waals surface area contributed by atoms with E-state index < -0.39 is 5.97 Å². The van der Waals surface area contributed by atoms with E-state index in [0.717, 1.165) is 0 Å². The first kappa shape index (κ1) is 8.18. The van der Waals surface area contributed by atoms with Crippen LogP contribution in [0.15, 0.2) is 23.1 Å². The van der Waals surface area contributed by atoms with Gasteiger partial charge in [0.05, 0.1) is 18.0 Å². The number of carboxylic acids is 1. The molecule has 0 aliphatic rings. The van der Waals surface area contributed by atoms with Crippen molar-refractivity contribution in [2.24, 2.45) is 0 Å². The molecule has 2 aromatic rings. The van der Waals surface area contributed by atoms with Crippen molar-refractivity contribution in [3.05, 3.63) is 28.6 Å². The Hall–Kier alpha value is -1.43. The van der Waals surface area contributed by atoms with E-state index >= 15 is 0 Å². The topological polar surface area (TPSA) is 67.5 Å². The van der Waals surface area contributed by atoms with Crippen LogP contribution in [-0.2, 0) is 0 Å². The molecule has 66 valence electrons. The quantitative estimate of drug-likeness (QED) is 0.815. The number of hydrogen-bond acceptors (Lipinski definition) is 3. The van der Waals surface area contributed by atoms with E-state index in [9.17, 15) is 4.79 Å². The summed E-state index contributed by atoms with van der Waals surface area (Å²) in [4.78, 5) is 14.5. The van der Waals surface area contributed by atoms with Crippen molar-refractivity contribution in [1.29, 1.82) is 0 Å². The van der Waals surface area contributed by atoms with Gasteiger partial charge in [-0.15, -0.1) is 0 Å².